The van der Waals surface area contributed by atoms with Gasteiger partial charge in [0.1, 0.15) is 5.82 Å². The highest BCUT2D eigenvalue weighted by Gasteiger charge is 2.44. The summed E-state index contributed by atoms with van der Waals surface area (Å²) in [5.41, 5.74) is 5.19. The van der Waals surface area contributed by atoms with Gasteiger partial charge in [-0.25, -0.2) is 19.2 Å². The number of esters is 1. The fraction of sp³-hybridized carbons (Fsp3) is 0.567. The van der Waals surface area contributed by atoms with Gasteiger partial charge in [-0.2, -0.15) is 0 Å². The highest BCUT2D eigenvalue weighted by Crippen LogP contribution is 2.37. The van der Waals surface area contributed by atoms with Gasteiger partial charge in [0.15, 0.2) is 11.4 Å². The maximum absolute atomic E-state index is 13.2. The number of rotatable bonds is 9. The molecular formula is C30H38FN5O5. The summed E-state index contributed by atoms with van der Waals surface area (Å²) in [5, 5.41) is 0. The van der Waals surface area contributed by atoms with Gasteiger partial charge >= 0.3 is 5.97 Å². The van der Waals surface area contributed by atoms with Crippen molar-refractivity contribution in [2.24, 2.45) is 17.6 Å². The van der Waals surface area contributed by atoms with Crippen LogP contribution in [0.1, 0.15) is 65.7 Å². The van der Waals surface area contributed by atoms with E-state index in [4.69, 9.17) is 15.2 Å². The number of halogens is 1. The molecule has 2 saturated heterocycles. The van der Waals surface area contributed by atoms with E-state index in [1.807, 2.05) is 4.90 Å². The molecule has 1 saturated carbocycles. The average molecular weight is 568 g/mol. The molecule has 1 aromatic heterocycles. The number of nitrogens with zero attached hydrogens (tertiary/aromatic N) is 4. The van der Waals surface area contributed by atoms with Gasteiger partial charge in [0.25, 0.3) is 5.91 Å². The number of aromatic nitrogens is 2. The molecule has 11 heteroatoms. The Morgan fingerprint density at radius 1 is 0.951 bits per heavy atom. The van der Waals surface area contributed by atoms with Crippen LogP contribution in [0, 0.1) is 17.7 Å². The van der Waals surface area contributed by atoms with Gasteiger partial charge in [0.05, 0.1) is 18.8 Å². The number of hydrogen-bond donors (Lipinski definition) is 1. The summed E-state index contributed by atoms with van der Waals surface area (Å²) in [5.74, 6) is -0.618. The van der Waals surface area contributed by atoms with Crippen LogP contribution in [0.5, 0.6) is 0 Å². The number of ether oxygens (including phenoxy) is 2. The first-order chi connectivity index (χ1) is 19.8. The van der Waals surface area contributed by atoms with Crippen LogP contribution in [0.4, 0.5) is 10.3 Å². The van der Waals surface area contributed by atoms with Gasteiger partial charge in [-0.3, -0.25) is 9.59 Å². The largest absolute Gasteiger partial charge is 0.445 e. The number of likely N-dealkylation sites (tertiary alicyclic amines) is 1. The third-order valence-electron chi connectivity index (χ3n) is 8.76. The molecule has 3 heterocycles. The Bertz CT molecular complexity index is 1200. The molecule has 5 rings (SSSR count). The lowest BCUT2D eigenvalue weighted by molar-refractivity contribution is -0.142. The van der Waals surface area contributed by atoms with E-state index in [2.05, 4.69) is 14.9 Å². The van der Waals surface area contributed by atoms with Crippen LogP contribution in [-0.4, -0.2) is 84.1 Å². The first-order valence-electron chi connectivity index (χ1n) is 14.5. The highest BCUT2D eigenvalue weighted by atomic mass is 19.1. The van der Waals surface area contributed by atoms with E-state index in [1.54, 1.807) is 12.1 Å². The summed E-state index contributed by atoms with van der Waals surface area (Å²) in [6.07, 6.45) is 7.66. The lowest BCUT2D eigenvalue weighted by Crippen LogP contribution is -2.50. The number of carbonyl (C=O) groups is 3. The van der Waals surface area contributed by atoms with E-state index < -0.39 is 17.5 Å². The van der Waals surface area contributed by atoms with E-state index in [0.29, 0.717) is 56.6 Å². The average Bonchev–Trinajstić information content (AvgIpc) is 3.01. The van der Waals surface area contributed by atoms with Crippen LogP contribution in [0.2, 0.25) is 0 Å². The lowest BCUT2D eigenvalue weighted by Gasteiger charge is -2.38. The minimum Gasteiger partial charge on any atom is -0.445 e. The van der Waals surface area contributed by atoms with E-state index >= 15 is 0 Å². The highest BCUT2D eigenvalue weighted by molar-refractivity contribution is 5.97. The maximum Gasteiger partial charge on any atom is 0.342 e. The number of nitrogens with two attached hydrogens (primary N) is 1. The second kappa shape index (κ2) is 13.0. The molecule has 1 aromatic carbocycles. The Labute approximate surface area is 239 Å². The van der Waals surface area contributed by atoms with E-state index in [9.17, 15) is 18.8 Å². The fourth-order valence-corrected chi connectivity index (χ4v) is 6.05. The number of morpholine rings is 1. The molecule has 2 N–H and O–H groups in total. The first-order valence-corrected chi connectivity index (χ1v) is 14.5. The molecule has 2 aliphatic heterocycles. The normalized spacial score (nSPS) is 24.1. The predicted octanol–water partition coefficient (Wildman–Crippen LogP) is 3.01. The van der Waals surface area contributed by atoms with Gasteiger partial charge in [0, 0.05) is 37.0 Å². The van der Waals surface area contributed by atoms with Crippen molar-refractivity contribution < 1.29 is 28.2 Å². The van der Waals surface area contributed by atoms with Crippen LogP contribution in [0.25, 0.3) is 0 Å². The van der Waals surface area contributed by atoms with Gasteiger partial charge in [-0.15, -0.1) is 0 Å². The standard InChI is InChI=1S/C30H38FN5O5/c31-25-3-1-22(2-4-25)26(37)23-8-13-35(14-9-23)12-7-21-5-10-30(11-6-21,28(32)39)41-27(38)24-19-33-29(34-20-24)36-15-17-40-18-16-36/h1-4,19-21,23H,5-18H2,(H2,32,39). The zero-order chi connectivity index (χ0) is 28.8. The summed E-state index contributed by atoms with van der Waals surface area (Å²) in [7, 11) is 0. The molecule has 0 radical (unpaired) electrons. The molecule has 0 atom stereocenters. The van der Waals surface area contributed by atoms with Crippen molar-refractivity contribution in [3.8, 4) is 0 Å². The van der Waals surface area contributed by atoms with Crippen LogP contribution >= 0.6 is 0 Å². The Hall–Kier alpha value is -3.44. The van der Waals surface area contributed by atoms with Crippen molar-refractivity contribution in [1.82, 2.24) is 14.9 Å². The molecule has 3 aliphatic rings. The molecule has 3 fully saturated rings. The third-order valence-corrected chi connectivity index (χ3v) is 8.76. The minimum absolute atomic E-state index is 0.0294. The van der Waals surface area contributed by atoms with Crippen molar-refractivity contribution >= 4 is 23.6 Å². The molecule has 10 nitrogen and oxygen atoms in total. The summed E-state index contributed by atoms with van der Waals surface area (Å²) in [6.45, 7) is 5.19. The van der Waals surface area contributed by atoms with Crippen molar-refractivity contribution in [3.63, 3.8) is 0 Å². The van der Waals surface area contributed by atoms with Gasteiger partial charge < -0.3 is 25.0 Å². The van der Waals surface area contributed by atoms with Crippen LogP contribution < -0.4 is 10.6 Å². The van der Waals surface area contributed by atoms with Crippen molar-refractivity contribution in [2.45, 2.75) is 50.5 Å². The summed E-state index contributed by atoms with van der Waals surface area (Å²) in [6, 6.07) is 5.79. The van der Waals surface area contributed by atoms with Crippen molar-refractivity contribution in [3.05, 3.63) is 53.6 Å². The monoisotopic (exact) mass is 567 g/mol. The Kier molecular flexibility index (Phi) is 9.24. The van der Waals surface area contributed by atoms with Crippen molar-refractivity contribution in [1.29, 1.82) is 0 Å². The molecule has 2 aromatic rings. The van der Waals surface area contributed by atoms with E-state index in [-0.39, 0.29) is 23.1 Å². The first kappa shape index (κ1) is 29.1. The van der Waals surface area contributed by atoms with Crippen molar-refractivity contribution in [2.75, 3.05) is 50.8 Å². The quantitative estimate of drug-likeness (QED) is 0.359. The number of hydrogen-bond acceptors (Lipinski definition) is 9. The smallest absolute Gasteiger partial charge is 0.342 e. The fourth-order valence-electron chi connectivity index (χ4n) is 6.05. The Morgan fingerprint density at radius 3 is 2.20 bits per heavy atom. The van der Waals surface area contributed by atoms with Gasteiger partial charge in [-0.05, 0) is 94.8 Å². The molecule has 41 heavy (non-hydrogen) atoms. The number of benzene rings is 1. The summed E-state index contributed by atoms with van der Waals surface area (Å²) >= 11 is 0. The van der Waals surface area contributed by atoms with Crippen LogP contribution in [-0.2, 0) is 14.3 Å². The minimum atomic E-state index is -1.32. The van der Waals surface area contributed by atoms with Gasteiger partial charge in [0.2, 0.25) is 5.95 Å². The van der Waals surface area contributed by atoms with Crippen LogP contribution in [0.15, 0.2) is 36.7 Å². The molecule has 0 unspecified atom stereocenters. The Balaban J connectivity index is 1.07. The number of anilines is 1. The predicted molar refractivity (Wildman–Crippen MR) is 149 cm³/mol. The summed E-state index contributed by atoms with van der Waals surface area (Å²) in [4.78, 5) is 51.1. The molecule has 1 aliphatic carbocycles. The number of amides is 1. The maximum atomic E-state index is 13.2. The number of primary amides is 1. The number of ketones is 1. The zero-order valence-electron chi connectivity index (χ0n) is 23.3. The van der Waals surface area contributed by atoms with Crippen LogP contribution in [0.3, 0.4) is 0 Å². The molecular weight excluding hydrogens is 529 g/mol. The zero-order valence-corrected chi connectivity index (χ0v) is 23.3. The number of Topliss-reactive ketones (excluding diaryl/α,β-unsaturated/α-hetero) is 1. The second-order valence-corrected chi connectivity index (χ2v) is 11.3. The third kappa shape index (κ3) is 7.08. The topological polar surface area (TPSA) is 128 Å². The lowest BCUT2D eigenvalue weighted by atomic mass is 9.77. The molecule has 1 amide bonds. The Morgan fingerprint density at radius 2 is 1.59 bits per heavy atom. The van der Waals surface area contributed by atoms with E-state index in [0.717, 1.165) is 51.7 Å². The van der Waals surface area contributed by atoms with Gasteiger partial charge in [-0.1, -0.05) is 0 Å². The number of carbonyl (C=O) groups excluding carboxylic acids is 3. The van der Waals surface area contributed by atoms with E-state index in [1.165, 1.54) is 24.5 Å². The molecule has 0 spiro atoms. The molecule has 220 valence electrons. The summed E-state index contributed by atoms with van der Waals surface area (Å²) < 4.78 is 24.3. The number of piperidine rings is 1. The SMILES string of the molecule is NC(=O)C1(OC(=O)c2cnc(N3CCOCC3)nc2)CCC(CCN2CCC(C(=O)c3ccc(F)cc3)CC2)CC1. The molecule has 0 bridgehead atoms. The second-order valence-electron chi connectivity index (χ2n) is 11.3.